The van der Waals surface area contributed by atoms with Gasteiger partial charge in [-0.15, -0.1) is 0 Å². The highest BCUT2D eigenvalue weighted by molar-refractivity contribution is 5.95. The molecule has 0 unspecified atom stereocenters. The summed E-state index contributed by atoms with van der Waals surface area (Å²) in [4.78, 5) is 12.0. The molecule has 8 heteroatoms. The monoisotopic (exact) mass is 414 g/mol. The molecular formula is C22H17F3N2O3. The zero-order valence-corrected chi connectivity index (χ0v) is 15.9. The van der Waals surface area contributed by atoms with E-state index < -0.39 is 23.4 Å². The van der Waals surface area contributed by atoms with E-state index in [1.165, 1.54) is 37.6 Å². The average molecular weight is 414 g/mol. The van der Waals surface area contributed by atoms with Crippen molar-refractivity contribution in [3.63, 3.8) is 0 Å². The molecule has 0 spiro atoms. The molecule has 1 N–H and O–H groups in total. The van der Waals surface area contributed by atoms with E-state index in [1.807, 2.05) is 0 Å². The van der Waals surface area contributed by atoms with E-state index in [0.717, 1.165) is 12.1 Å². The summed E-state index contributed by atoms with van der Waals surface area (Å²) in [6, 6.07) is 13.6. The molecule has 5 nitrogen and oxygen atoms in total. The molecule has 0 radical (unpaired) electrons. The molecule has 0 saturated heterocycles. The van der Waals surface area contributed by atoms with Crippen LogP contribution >= 0.6 is 0 Å². The lowest BCUT2D eigenvalue weighted by Gasteiger charge is -2.11. The number of carbonyl (C=O) groups is 1. The van der Waals surface area contributed by atoms with Gasteiger partial charge in [-0.05, 0) is 48.0 Å². The third kappa shape index (κ3) is 5.16. The van der Waals surface area contributed by atoms with E-state index in [4.69, 9.17) is 9.47 Å². The van der Waals surface area contributed by atoms with Crippen molar-refractivity contribution in [3.8, 4) is 11.5 Å². The van der Waals surface area contributed by atoms with E-state index in [-0.39, 0.29) is 17.9 Å². The van der Waals surface area contributed by atoms with Crippen LogP contribution in [0.1, 0.15) is 21.5 Å². The number of halogens is 3. The second-order valence-electron chi connectivity index (χ2n) is 6.11. The van der Waals surface area contributed by atoms with Gasteiger partial charge in [0.15, 0.2) is 11.6 Å². The fourth-order valence-corrected chi connectivity index (χ4v) is 2.61. The molecule has 0 fully saturated rings. The number of ether oxygens (including phenoxy) is 2. The number of hydrogen-bond acceptors (Lipinski definition) is 4. The van der Waals surface area contributed by atoms with Crippen LogP contribution in [0.4, 0.5) is 13.2 Å². The fraction of sp³-hybridized carbons (Fsp3) is 0.0909. The van der Waals surface area contributed by atoms with Gasteiger partial charge in [-0.1, -0.05) is 12.1 Å². The van der Waals surface area contributed by atoms with E-state index >= 15 is 0 Å². The minimum Gasteiger partial charge on any atom is -0.496 e. The smallest absolute Gasteiger partial charge is 0.274 e. The quantitative estimate of drug-likeness (QED) is 0.459. The van der Waals surface area contributed by atoms with Crippen molar-refractivity contribution in [3.05, 3.63) is 94.8 Å². The Hall–Kier alpha value is -3.81. The van der Waals surface area contributed by atoms with Gasteiger partial charge >= 0.3 is 0 Å². The maximum Gasteiger partial charge on any atom is 0.274 e. The first-order valence-electron chi connectivity index (χ1n) is 8.80. The van der Waals surface area contributed by atoms with Gasteiger partial charge < -0.3 is 9.47 Å². The molecule has 0 aromatic heterocycles. The van der Waals surface area contributed by atoms with Gasteiger partial charge in [0.2, 0.25) is 0 Å². The molecule has 0 atom stereocenters. The van der Waals surface area contributed by atoms with Crippen molar-refractivity contribution in [1.82, 2.24) is 5.43 Å². The Morgan fingerprint density at radius 1 is 1.00 bits per heavy atom. The second kappa shape index (κ2) is 9.60. The number of carbonyl (C=O) groups excluding carboxylic acids is 1. The molecular weight excluding hydrogens is 397 g/mol. The first-order chi connectivity index (χ1) is 14.5. The van der Waals surface area contributed by atoms with Crippen molar-refractivity contribution in [1.29, 1.82) is 0 Å². The Balaban J connectivity index is 1.70. The number of methoxy groups -OCH3 is 1. The van der Waals surface area contributed by atoms with Crippen LogP contribution < -0.4 is 14.9 Å². The number of amides is 1. The lowest BCUT2D eigenvalue weighted by Crippen LogP contribution is -2.18. The van der Waals surface area contributed by atoms with Gasteiger partial charge in [-0.2, -0.15) is 5.10 Å². The summed E-state index contributed by atoms with van der Waals surface area (Å²) in [7, 11) is 1.47. The Morgan fingerprint density at radius 3 is 2.50 bits per heavy atom. The van der Waals surface area contributed by atoms with Gasteiger partial charge in [-0.3, -0.25) is 4.79 Å². The van der Waals surface area contributed by atoms with Gasteiger partial charge in [0.25, 0.3) is 5.91 Å². The molecule has 0 aliphatic carbocycles. The lowest BCUT2D eigenvalue weighted by molar-refractivity contribution is 0.0951. The average Bonchev–Trinajstić information content (AvgIpc) is 2.73. The third-order valence-corrected chi connectivity index (χ3v) is 4.08. The number of hydrogen-bond donors (Lipinski definition) is 1. The van der Waals surface area contributed by atoms with E-state index in [2.05, 4.69) is 10.5 Å². The van der Waals surface area contributed by atoms with Gasteiger partial charge in [-0.25, -0.2) is 18.6 Å². The van der Waals surface area contributed by atoms with Crippen molar-refractivity contribution in [2.75, 3.05) is 7.11 Å². The zero-order valence-electron chi connectivity index (χ0n) is 15.9. The number of rotatable bonds is 7. The van der Waals surface area contributed by atoms with Crippen LogP contribution in [-0.2, 0) is 6.61 Å². The van der Waals surface area contributed by atoms with Crippen LogP contribution in [-0.4, -0.2) is 19.2 Å². The van der Waals surface area contributed by atoms with Crippen LogP contribution in [0.3, 0.4) is 0 Å². The van der Waals surface area contributed by atoms with Crippen molar-refractivity contribution >= 4 is 12.1 Å². The minimum atomic E-state index is -0.817. The van der Waals surface area contributed by atoms with Crippen LogP contribution in [0.15, 0.2) is 65.8 Å². The maximum absolute atomic E-state index is 13.7. The van der Waals surface area contributed by atoms with Gasteiger partial charge in [0.1, 0.15) is 24.0 Å². The summed E-state index contributed by atoms with van der Waals surface area (Å²) in [5, 5.41) is 3.82. The van der Waals surface area contributed by atoms with E-state index in [1.54, 1.807) is 24.3 Å². The van der Waals surface area contributed by atoms with E-state index in [9.17, 15) is 18.0 Å². The highest BCUT2D eigenvalue weighted by Gasteiger charge is 2.10. The van der Waals surface area contributed by atoms with Crippen LogP contribution in [0.25, 0.3) is 0 Å². The Bertz CT molecular complexity index is 1090. The summed E-state index contributed by atoms with van der Waals surface area (Å²) >= 11 is 0. The van der Waals surface area contributed by atoms with Crippen molar-refractivity contribution in [2.24, 2.45) is 5.10 Å². The molecule has 0 saturated carbocycles. The fourth-order valence-electron chi connectivity index (χ4n) is 2.61. The lowest BCUT2D eigenvalue weighted by atomic mass is 10.1. The highest BCUT2D eigenvalue weighted by Crippen LogP contribution is 2.23. The van der Waals surface area contributed by atoms with Crippen molar-refractivity contribution in [2.45, 2.75) is 6.61 Å². The third-order valence-electron chi connectivity index (χ3n) is 4.08. The summed E-state index contributed by atoms with van der Waals surface area (Å²) in [6.07, 6.45) is 1.36. The predicted molar refractivity (Wildman–Crippen MR) is 105 cm³/mol. The zero-order chi connectivity index (χ0) is 21.5. The number of benzene rings is 3. The maximum atomic E-state index is 13.7. The summed E-state index contributed by atoms with van der Waals surface area (Å²) < 4.78 is 51.0. The number of nitrogens with one attached hydrogen (secondary N) is 1. The SMILES string of the molecule is COc1ccc(/C=N\NC(=O)c2ccccc2F)cc1COc1ccc(F)cc1F. The topological polar surface area (TPSA) is 59.9 Å². The van der Waals surface area contributed by atoms with E-state index in [0.29, 0.717) is 16.9 Å². The largest absolute Gasteiger partial charge is 0.496 e. The Kier molecular flexibility index (Phi) is 6.69. The number of nitrogens with zero attached hydrogens (tertiary/aromatic N) is 1. The highest BCUT2D eigenvalue weighted by atomic mass is 19.1. The molecule has 154 valence electrons. The van der Waals surface area contributed by atoms with Gasteiger partial charge in [0.05, 0.1) is 18.9 Å². The molecule has 0 aliphatic heterocycles. The summed E-state index contributed by atoms with van der Waals surface area (Å²) in [5.74, 6) is -2.47. The molecule has 30 heavy (non-hydrogen) atoms. The number of hydrazone groups is 1. The molecule has 3 rings (SSSR count). The standard InChI is InChI=1S/C22H17F3N2O3/c1-29-20-8-6-14(12-26-27-22(28)17-4-2-3-5-18(17)24)10-15(20)13-30-21-9-7-16(23)11-19(21)25/h2-12H,13H2,1H3,(H,27,28)/b26-12-. The van der Waals surface area contributed by atoms with Crippen LogP contribution in [0.2, 0.25) is 0 Å². The first-order valence-corrected chi connectivity index (χ1v) is 8.80. The van der Waals surface area contributed by atoms with Crippen molar-refractivity contribution < 1.29 is 27.4 Å². The van der Waals surface area contributed by atoms with Gasteiger partial charge in [0, 0.05) is 11.6 Å². The predicted octanol–water partition coefficient (Wildman–Crippen LogP) is 4.46. The first kappa shape index (κ1) is 20.9. The normalized spacial score (nSPS) is 10.8. The van der Waals surface area contributed by atoms with Crippen LogP contribution in [0.5, 0.6) is 11.5 Å². The minimum absolute atomic E-state index is 0.0466. The Morgan fingerprint density at radius 2 is 1.77 bits per heavy atom. The Labute approximate surface area is 170 Å². The second-order valence-corrected chi connectivity index (χ2v) is 6.11. The molecule has 0 bridgehead atoms. The molecule has 1 amide bonds. The molecule has 0 heterocycles. The molecule has 3 aromatic rings. The summed E-state index contributed by atoms with van der Waals surface area (Å²) in [6.45, 7) is -0.0466. The molecule has 3 aromatic carbocycles. The summed E-state index contributed by atoms with van der Waals surface area (Å²) in [5.41, 5.74) is 3.29. The molecule has 0 aliphatic rings. The van der Waals surface area contributed by atoms with Crippen LogP contribution in [0, 0.1) is 17.5 Å².